The first kappa shape index (κ1) is 22.3. The van der Waals surface area contributed by atoms with Crippen LogP contribution in [0.3, 0.4) is 0 Å². The van der Waals surface area contributed by atoms with Crippen LogP contribution in [0.5, 0.6) is 0 Å². The predicted octanol–water partition coefficient (Wildman–Crippen LogP) is 2.48. The molecule has 1 aromatic heterocycles. The van der Waals surface area contributed by atoms with E-state index in [-0.39, 0.29) is 0 Å². The minimum Gasteiger partial charge on any atom is -0.378 e. The maximum atomic E-state index is 14.2. The summed E-state index contributed by atoms with van der Waals surface area (Å²) in [6, 6.07) is 7.60. The number of pyridine rings is 1. The number of hydrogen-bond acceptors (Lipinski definition) is 5. The van der Waals surface area contributed by atoms with Gasteiger partial charge in [0.2, 0.25) is 0 Å². The lowest BCUT2D eigenvalue weighted by molar-refractivity contribution is 0.122. The van der Waals surface area contributed by atoms with Gasteiger partial charge < -0.3 is 24.8 Å². The first-order valence-corrected chi connectivity index (χ1v) is 11.2. The van der Waals surface area contributed by atoms with Crippen LogP contribution >= 0.6 is 0 Å². The summed E-state index contributed by atoms with van der Waals surface area (Å²) in [4.78, 5) is 15.8. The van der Waals surface area contributed by atoms with Crippen molar-refractivity contribution in [3.8, 4) is 0 Å². The highest BCUT2D eigenvalue weighted by Crippen LogP contribution is 2.22. The number of morpholine rings is 1. The van der Waals surface area contributed by atoms with Crippen molar-refractivity contribution in [3.63, 3.8) is 0 Å². The first-order chi connectivity index (χ1) is 15.7. The highest BCUT2D eigenvalue weighted by Gasteiger charge is 2.22. The molecule has 32 heavy (non-hydrogen) atoms. The smallest absolute Gasteiger partial charge is 0.194 e. The molecule has 0 atom stereocenters. The third-order valence-electron chi connectivity index (χ3n) is 5.74. The third kappa shape index (κ3) is 5.27. The highest BCUT2D eigenvalue weighted by molar-refractivity contribution is 5.80. The fourth-order valence-corrected chi connectivity index (χ4v) is 4.09. The second-order valence-electron chi connectivity index (χ2n) is 7.83. The Morgan fingerprint density at radius 3 is 2.59 bits per heavy atom. The Morgan fingerprint density at radius 1 is 1.06 bits per heavy atom. The molecule has 0 amide bonds. The number of piperazine rings is 1. The third-order valence-corrected chi connectivity index (χ3v) is 5.74. The van der Waals surface area contributed by atoms with Crippen LogP contribution in [0.15, 0.2) is 41.5 Å². The SMILES string of the molecule is CCNC(=NCc1cccnc1N1CCOCC1)N1CCN(c2cc(F)ccc2F)CC1. The number of halogens is 2. The van der Waals surface area contributed by atoms with Crippen LogP contribution in [-0.2, 0) is 11.3 Å². The molecule has 0 saturated carbocycles. The zero-order valence-electron chi connectivity index (χ0n) is 18.4. The molecule has 2 fully saturated rings. The molecule has 3 heterocycles. The van der Waals surface area contributed by atoms with E-state index in [2.05, 4.69) is 26.2 Å². The number of nitrogens with zero attached hydrogens (tertiary/aromatic N) is 5. The number of nitrogens with one attached hydrogen (secondary N) is 1. The van der Waals surface area contributed by atoms with Crippen LogP contribution in [0.4, 0.5) is 20.3 Å². The van der Waals surface area contributed by atoms with Crippen molar-refractivity contribution < 1.29 is 13.5 Å². The minimum absolute atomic E-state index is 0.317. The second-order valence-corrected chi connectivity index (χ2v) is 7.83. The number of aliphatic imine (C=N–C) groups is 1. The summed E-state index contributed by atoms with van der Waals surface area (Å²) >= 11 is 0. The molecular weight excluding hydrogens is 414 g/mol. The molecule has 1 aromatic carbocycles. The molecule has 1 N–H and O–H groups in total. The van der Waals surface area contributed by atoms with Gasteiger partial charge >= 0.3 is 0 Å². The van der Waals surface area contributed by atoms with E-state index >= 15 is 0 Å². The van der Waals surface area contributed by atoms with E-state index in [0.717, 1.165) is 43.0 Å². The summed E-state index contributed by atoms with van der Waals surface area (Å²) in [6.45, 7) is 8.90. The number of guanidine groups is 1. The molecule has 2 aromatic rings. The molecule has 0 radical (unpaired) electrons. The van der Waals surface area contributed by atoms with Gasteiger partial charge in [0.1, 0.15) is 17.5 Å². The van der Waals surface area contributed by atoms with Gasteiger partial charge in [-0.05, 0) is 25.1 Å². The normalized spacial score (nSPS) is 17.6. The van der Waals surface area contributed by atoms with Crippen LogP contribution in [0.25, 0.3) is 0 Å². The number of ether oxygens (including phenoxy) is 1. The van der Waals surface area contributed by atoms with E-state index < -0.39 is 11.6 Å². The topological polar surface area (TPSA) is 56.2 Å². The average molecular weight is 445 g/mol. The highest BCUT2D eigenvalue weighted by atomic mass is 19.1. The zero-order valence-corrected chi connectivity index (χ0v) is 18.4. The van der Waals surface area contributed by atoms with Crippen molar-refractivity contribution in [2.24, 2.45) is 4.99 Å². The van der Waals surface area contributed by atoms with E-state index in [9.17, 15) is 8.78 Å². The molecule has 4 rings (SSSR count). The first-order valence-electron chi connectivity index (χ1n) is 11.2. The number of aromatic nitrogens is 1. The molecule has 0 spiro atoms. The standard InChI is InChI=1S/C23H30F2N6O/c1-2-26-23(28-17-18-4-3-7-27-22(18)30-12-14-32-15-13-30)31-10-8-29(9-11-31)21-16-19(24)5-6-20(21)25/h3-7,16H,2,8-15,17H2,1H3,(H,26,28). The Morgan fingerprint density at radius 2 is 1.84 bits per heavy atom. The van der Waals surface area contributed by atoms with Gasteiger partial charge in [-0.1, -0.05) is 6.07 Å². The number of anilines is 2. The average Bonchev–Trinajstić information content (AvgIpc) is 2.84. The van der Waals surface area contributed by atoms with Crippen molar-refractivity contribution in [2.45, 2.75) is 13.5 Å². The lowest BCUT2D eigenvalue weighted by Crippen LogP contribution is -2.52. The van der Waals surface area contributed by atoms with Gasteiger partial charge in [0.25, 0.3) is 0 Å². The fourth-order valence-electron chi connectivity index (χ4n) is 4.09. The minimum atomic E-state index is -0.425. The van der Waals surface area contributed by atoms with Gasteiger partial charge in [-0.2, -0.15) is 0 Å². The van der Waals surface area contributed by atoms with Crippen molar-refractivity contribution in [2.75, 3.05) is 68.8 Å². The summed E-state index contributed by atoms with van der Waals surface area (Å²) in [6.07, 6.45) is 1.81. The summed E-state index contributed by atoms with van der Waals surface area (Å²) in [7, 11) is 0. The zero-order chi connectivity index (χ0) is 22.3. The van der Waals surface area contributed by atoms with Gasteiger partial charge in [0.05, 0.1) is 25.4 Å². The Kier molecular flexibility index (Phi) is 7.36. The van der Waals surface area contributed by atoms with Crippen LogP contribution in [0, 0.1) is 11.6 Å². The van der Waals surface area contributed by atoms with Crippen LogP contribution in [-0.4, -0.2) is 74.9 Å². The number of hydrogen-bond donors (Lipinski definition) is 1. The van der Waals surface area contributed by atoms with Crippen molar-refractivity contribution >= 4 is 17.5 Å². The van der Waals surface area contributed by atoms with E-state index in [1.54, 1.807) is 0 Å². The Balaban J connectivity index is 1.44. The lowest BCUT2D eigenvalue weighted by atomic mass is 10.2. The van der Waals surface area contributed by atoms with E-state index in [4.69, 9.17) is 9.73 Å². The van der Waals surface area contributed by atoms with Gasteiger partial charge in [-0.15, -0.1) is 0 Å². The molecule has 0 unspecified atom stereocenters. The second kappa shape index (κ2) is 10.6. The Bertz CT molecular complexity index is 926. The predicted molar refractivity (Wildman–Crippen MR) is 122 cm³/mol. The molecule has 2 aliphatic heterocycles. The molecule has 0 aliphatic carbocycles. The van der Waals surface area contributed by atoms with E-state index in [0.29, 0.717) is 51.6 Å². The lowest BCUT2D eigenvalue weighted by Gasteiger charge is -2.37. The van der Waals surface area contributed by atoms with Gasteiger partial charge in [0.15, 0.2) is 5.96 Å². The number of rotatable bonds is 5. The summed E-state index contributed by atoms with van der Waals surface area (Å²) in [5.41, 5.74) is 1.39. The Labute approximate surface area is 187 Å². The molecule has 172 valence electrons. The van der Waals surface area contributed by atoms with Gasteiger partial charge in [0, 0.05) is 63.6 Å². The van der Waals surface area contributed by atoms with E-state index in [1.165, 1.54) is 12.1 Å². The van der Waals surface area contributed by atoms with Crippen LogP contribution < -0.4 is 15.1 Å². The fraction of sp³-hybridized carbons (Fsp3) is 0.478. The quantitative estimate of drug-likeness (QED) is 0.565. The van der Waals surface area contributed by atoms with Gasteiger partial charge in [-0.3, -0.25) is 0 Å². The largest absolute Gasteiger partial charge is 0.378 e. The molecule has 2 aliphatic rings. The monoisotopic (exact) mass is 444 g/mol. The van der Waals surface area contributed by atoms with E-state index in [1.807, 2.05) is 24.1 Å². The molecule has 9 heteroatoms. The summed E-state index contributed by atoms with van der Waals surface area (Å²) in [5, 5.41) is 3.37. The van der Waals surface area contributed by atoms with Crippen LogP contribution in [0.1, 0.15) is 12.5 Å². The Hall–Kier alpha value is -2.94. The van der Waals surface area contributed by atoms with Crippen molar-refractivity contribution in [3.05, 3.63) is 53.7 Å². The van der Waals surface area contributed by atoms with Crippen molar-refractivity contribution in [1.82, 2.24) is 15.2 Å². The summed E-state index contributed by atoms with van der Waals surface area (Å²) in [5.74, 6) is 0.962. The summed E-state index contributed by atoms with van der Waals surface area (Å²) < 4.78 is 33.2. The number of benzene rings is 1. The van der Waals surface area contributed by atoms with Gasteiger partial charge in [-0.25, -0.2) is 18.8 Å². The molecule has 7 nitrogen and oxygen atoms in total. The maximum Gasteiger partial charge on any atom is 0.194 e. The molecule has 0 bridgehead atoms. The maximum absolute atomic E-state index is 14.2. The molecule has 2 saturated heterocycles. The molecular formula is C23H30F2N6O. The van der Waals surface area contributed by atoms with Crippen molar-refractivity contribution in [1.29, 1.82) is 0 Å². The van der Waals surface area contributed by atoms with Crippen LogP contribution in [0.2, 0.25) is 0 Å².